The molecule has 7 heteroatoms. The number of ether oxygens (including phenoxy) is 1. The summed E-state index contributed by atoms with van der Waals surface area (Å²) in [6, 6.07) is 3.78. The fourth-order valence-electron chi connectivity index (χ4n) is 3.76. The van der Waals surface area contributed by atoms with Gasteiger partial charge >= 0.3 is 0 Å². The van der Waals surface area contributed by atoms with Crippen LogP contribution in [0.2, 0.25) is 0 Å². The van der Waals surface area contributed by atoms with E-state index in [0.717, 1.165) is 41.5 Å². The van der Waals surface area contributed by atoms with Gasteiger partial charge in [0.15, 0.2) is 5.06 Å². The molecule has 0 spiro atoms. The predicted molar refractivity (Wildman–Crippen MR) is 101 cm³/mol. The van der Waals surface area contributed by atoms with E-state index in [4.69, 9.17) is 4.74 Å². The van der Waals surface area contributed by atoms with Crippen molar-refractivity contribution in [3.05, 3.63) is 46.1 Å². The molecule has 26 heavy (non-hydrogen) atoms. The van der Waals surface area contributed by atoms with Crippen molar-refractivity contribution in [3.8, 4) is 10.8 Å². The van der Waals surface area contributed by atoms with E-state index in [-0.39, 0.29) is 18.9 Å². The number of hydrogen-bond acceptors (Lipinski definition) is 5. The standard InChI is InChI=1S/C19H18F2N2OS2/c1-11-15(3-2-6-22-11)24-18-16-13(10-25-18)5-4-12-9-23(26-17(12)16)14-7-19(20,21)8-14/h2-3,6,10,14H,4-5,7-9H2,1H3. The van der Waals surface area contributed by atoms with Crippen molar-refractivity contribution < 1.29 is 13.5 Å². The summed E-state index contributed by atoms with van der Waals surface area (Å²) in [6.07, 6.45) is 3.72. The normalized spacial score (nSPS) is 22.1. The van der Waals surface area contributed by atoms with Gasteiger partial charge in [0.05, 0.1) is 5.69 Å². The topological polar surface area (TPSA) is 25.4 Å². The molecule has 0 radical (unpaired) electrons. The summed E-state index contributed by atoms with van der Waals surface area (Å²) in [7, 11) is 0. The van der Waals surface area contributed by atoms with Crippen LogP contribution in [0.25, 0.3) is 4.91 Å². The Bertz CT molecular complexity index is 901. The summed E-state index contributed by atoms with van der Waals surface area (Å²) in [5.74, 6) is -1.71. The van der Waals surface area contributed by atoms with Crippen LogP contribution in [0.5, 0.6) is 10.8 Å². The summed E-state index contributed by atoms with van der Waals surface area (Å²) >= 11 is 3.26. The lowest BCUT2D eigenvalue weighted by atomic mass is 9.87. The van der Waals surface area contributed by atoms with E-state index in [1.54, 1.807) is 29.5 Å². The fraction of sp³-hybridized carbons (Fsp3) is 0.421. The number of fused-ring (bicyclic) bond motifs is 2. The van der Waals surface area contributed by atoms with Gasteiger partial charge in [-0.15, -0.1) is 11.3 Å². The molecule has 136 valence electrons. The first-order valence-corrected chi connectivity index (χ1v) is 10.4. The van der Waals surface area contributed by atoms with Crippen molar-refractivity contribution in [1.82, 2.24) is 9.29 Å². The molecule has 2 aromatic rings. The van der Waals surface area contributed by atoms with Crippen molar-refractivity contribution in [2.75, 3.05) is 6.54 Å². The van der Waals surface area contributed by atoms with E-state index in [9.17, 15) is 8.78 Å². The van der Waals surface area contributed by atoms with Gasteiger partial charge in [-0.3, -0.25) is 4.98 Å². The lowest BCUT2D eigenvalue weighted by molar-refractivity contribution is -0.106. The number of alkyl halides is 2. The van der Waals surface area contributed by atoms with Crippen molar-refractivity contribution in [2.24, 2.45) is 0 Å². The molecule has 1 fully saturated rings. The third-order valence-electron chi connectivity index (χ3n) is 5.27. The Balaban J connectivity index is 1.41. The van der Waals surface area contributed by atoms with E-state index in [0.29, 0.717) is 0 Å². The Morgan fingerprint density at radius 1 is 1.31 bits per heavy atom. The van der Waals surface area contributed by atoms with Gasteiger partial charge in [-0.1, -0.05) is 0 Å². The molecular weight excluding hydrogens is 374 g/mol. The molecule has 3 heterocycles. The first-order chi connectivity index (χ1) is 12.5. The molecule has 0 N–H and O–H groups in total. The van der Waals surface area contributed by atoms with Crippen molar-refractivity contribution in [2.45, 2.75) is 44.6 Å². The maximum absolute atomic E-state index is 13.3. The van der Waals surface area contributed by atoms with Gasteiger partial charge in [-0.25, -0.2) is 13.1 Å². The monoisotopic (exact) mass is 392 g/mol. The number of hydrogen-bond donors (Lipinski definition) is 0. The van der Waals surface area contributed by atoms with Crippen LogP contribution in [0, 0.1) is 6.92 Å². The second-order valence-electron chi connectivity index (χ2n) is 7.13. The van der Waals surface area contributed by atoms with Gasteiger partial charge in [-0.2, -0.15) is 0 Å². The van der Waals surface area contributed by atoms with Crippen LogP contribution in [0.15, 0.2) is 29.3 Å². The molecule has 0 bridgehead atoms. The average Bonchev–Trinajstić information content (AvgIpc) is 3.18. The highest BCUT2D eigenvalue weighted by atomic mass is 32.2. The summed E-state index contributed by atoms with van der Waals surface area (Å²) < 4.78 is 34.9. The lowest BCUT2D eigenvalue weighted by Crippen LogP contribution is -2.47. The maximum atomic E-state index is 13.3. The Morgan fingerprint density at radius 3 is 2.92 bits per heavy atom. The summed E-state index contributed by atoms with van der Waals surface area (Å²) in [5.41, 5.74) is 4.69. The Labute approximate surface area is 159 Å². The van der Waals surface area contributed by atoms with Crippen molar-refractivity contribution in [3.63, 3.8) is 0 Å². The predicted octanol–water partition coefficient (Wildman–Crippen LogP) is 5.66. The number of thiophene rings is 1. The molecule has 2 aromatic heterocycles. The third-order valence-corrected chi connectivity index (χ3v) is 7.51. The largest absolute Gasteiger partial charge is 0.444 e. The second kappa shape index (κ2) is 6.04. The highest BCUT2D eigenvalue weighted by Gasteiger charge is 2.50. The SMILES string of the molecule is Cc1ncccc1Oc1scc2c1C1=C(CC2)CN(C2CC(F)(F)C2)S1. The molecule has 5 rings (SSSR count). The molecule has 0 unspecified atom stereocenters. The fourth-order valence-corrected chi connectivity index (χ4v) is 6.16. The minimum absolute atomic E-state index is 0.0186. The van der Waals surface area contributed by atoms with Crippen LogP contribution in [0.4, 0.5) is 8.78 Å². The number of pyridine rings is 1. The Hall–Kier alpha value is -1.44. The molecule has 0 atom stereocenters. The van der Waals surface area contributed by atoms with Gasteiger partial charge < -0.3 is 4.74 Å². The molecule has 0 saturated heterocycles. The van der Waals surface area contributed by atoms with E-state index in [1.807, 2.05) is 19.1 Å². The first-order valence-electron chi connectivity index (χ1n) is 8.75. The molecule has 1 saturated carbocycles. The molecule has 2 aliphatic carbocycles. The highest BCUT2D eigenvalue weighted by Crippen LogP contribution is 2.55. The number of aromatic nitrogens is 1. The Kier molecular flexibility index (Phi) is 3.88. The van der Waals surface area contributed by atoms with Crippen LogP contribution < -0.4 is 4.74 Å². The molecular formula is C19H18F2N2OS2. The van der Waals surface area contributed by atoms with Crippen LogP contribution in [-0.4, -0.2) is 27.8 Å². The minimum Gasteiger partial charge on any atom is -0.444 e. The van der Waals surface area contributed by atoms with E-state index >= 15 is 0 Å². The lowest BCUT2D eigenvalue weighted by Gasteiger charge is -2.40. The van der Waals surface area contributed by atoms with Crippen LogP contribution >= 0.6 is 23.3 Å². The molecule has 3 nitrogen and oxygen atoms in total. The second-order valence-corrected chi connectivity index (χ2v) is 9.03. The highest BCUT2D eigenvalue weighted by molar-refractivity contribution is 8.06. The number of nitrogens with zero attached hydrogens (tertiary/aromatic N) is 2. The van der Waals surface area contributed by atoms with Gasteiger partial charge in [-0.05, 0) is 60.4 Å². The summed E-state index contributed by atoms with van der Waals surface area (Å²) in [6.45, 7) is 2.73. The van der Waals surface area contributed by atoms with Gasteiger partial charge in [0.2, 0.25) is 0 Å². The van der Waals surface area contributed by atoms with Gasteiger partial charge in [0.1, 0.15) is 5.75 Å². The van der Waals surface area contributed by atoms with E-state index in [2.05, 4.69) is 14.7 Å². The maximum Gasteiger partial charge on any atom is 0.251 e. The van der Waals surface area contributed by atoms with Gasteiger partial charge in [0, 0.05) is 42.1 Å². The zero-order chi connectivity index (χ0) is 17.9. The number of rotatable bonds is 3. The van der Waals surface area contributed by atoms with E-state index < -0.39 is 5.92 Å². The van der Waals surface area contributed by atoms with Crippen LogP contribution in [0.1, 0.15) is 36.1 Å². The third kappa shape index (κ3) is 2.77. The molecule has 0 amide bonds. The van der Waals surface area contributed by atoms with Crippen molar-refractivity contribution >= 4 is 28.2 Å². The average molecular weight is 392 g/mol. The Morgan fingerprint density at radius 2 is 2.15 bits per heavy atom. The number of aryl methyl sites for hydroxylation is 2. The van der Waals surface area contributed by atoms with Crippen LogP contribution in [-0.2, 0) is 6.42 Å². The molecule has 0 aromatic carbocycles. The molecule has 1 aliphatic heterocycles. The van der Waals surface area contributed by atoms with E-state index in [1.165, 1.54) is 16.0 Å². The zero-order valence-electron chi connectivity index (χ0n) is 14.3. The van der Waals surface area contributed by atoms with Crippen molar-refractivity contribution in [1.29, 1.82) is 0 Å². The first kappa shape index (κ1) is 16.7. The van der Waals surface area contributed by atoms with Crippen LogP contribution in [0.3, 0.4) is 0 Å². The smallest absolute Gasteiger partial charge is 0.251 e. The number of halogens is 2. The quantitative estimate of drug-likeness (QED) is 0.629. The van der Waals surface area contributed by atoms with Gasteiger partial charge in [0.25, 0.3) is 5.92 Å². The summed E-state index contributed by atoms with van der Waals surface area (Å²) in [4.78, 5) is 5.51. The molecule has 3 aliphatic rings. The summed E-state index contributed by atoms with van der Waals surface area (Å²) in [5, 5.41) is 3.05. The zero-order valence-corrected chi connectivity index (χ0v) is 15.9. The minimum atomic E-state index is -2.48.